The molecule has 0 amide bonds. The largest absolute Gasteiger partial charge is 0.353 e. The summed E-state index contributed by atoms with van der Waals surface area (Å²) in [6.07, 6.45) is 1.22. The van der Waals surface area contributed by atoms with E-state index < -0.39 is 4.92 Å². The van der Waals surface area contributed by atoms with Gasteiger partial charge >= 0.3 is 0 Å². The first-order valence-corrected chi connectivity index (χ1v) is 7.04. The number of Topliss-reactive ketones (excluding diaryl/α,β-unsaturated/α-hetero) is 1. The van der Waals surface area contributed by atoms with Crippen molar-refractivity contribution >= 4 is 27.4 Å². The second kappa shape index (κ2) is 6.64. The van der Waals surface area contributed by atoms with Crippen molar-refractivity contribution < 1.29 is 9.72 Å². The molecule has 0 unspecified atom stereocenters. The minimum absolute atomic E-state index is 0.103. The van der Waals surface area contributed by atoms with Crippen molar-refractivity contribution in [1.82, 2.24) is 9.88 Å². The molecule has 110 valence electrons. The van der Waals surface area contributed by atoms with Gasteiger partial charge in [-0.2, -0.15) is 0 Å². The predicted octanol–water partition coefficient (Wildman–Crippen LogP) is 3.00. The minimum atomic E-state index is -0.529. The van der Waals surface area contributed by atoms with Crippen LogP contribution in [0.4, 0.5) is 5.69 Å². The molecule has 1 heterocycles. The first kappa shape index (κ1) is 15.4. The monoisotopic (exact) mass is 351 g/mol. The van der Waals surface area contributed by atoms with Gasteiger partial charge in [0.25, 0.3) is 5.69 Å². The molecule has 0 fully saturated rings. The van der Waals surface area contributed by atoms with Crippen molar-refractivity contribution in [2.75, 3.05) is 13.6 Å². The van der Waals surface area contributed by atoms with Gasteiger partial charge in [-0.1, -0.05) is 28.1 Å². The SMILES string of the molecule is CN(CC(=O)c1cc([N+](=O)[O-])c[nH]1)Cc1ccc(Br)cc1. The van der Waals surface area contributed by atoms with Crippen molar-refractivity contribution in [3.05, 3.63) is 62.4 Å². The number of H-pyrrole nitrogens is 1. The van der Waals surface area contributed by atoms with Gasteiger partial charge in [-0.15, -0.1) is 0 Å². The van der Waals surface area contributed by atoms with E-state index in [-0.39, 0.29) is 23.7 Å². The second-order valence-electron chi connectivity index (χ2n) is 4.75. The highest BCUT2D eigenvalue weighted by atomic mass is 79.9. The molecule has 2 rings (SSSR count). The normalized spacial score (nSPS) is 10.8. The minimum Gasteiger partial charge on any atom is -0.353 e. The molecular formula is C14H14BrN3O3. The van der Waals surface area contributed by atoms with E-state index in [2.05, 4.69) is 20.9 Å². The zero-order valence-corrected chi connectivity index (χ0v) is 13.0. The van der Waals surface area contributed by atoms with Crippen LogP contribution in [-0.4, -0.2) is 34.2 Å². The van der Waals surface area contributed by atoms with E-state index >= 15 is 0 Å². The summed E-state index contributed by atoms with van der Waals surface area (Å²) in [4.78, 5) is 26.6. The number of ketones is 1. The zero-order valence-electron chi connectivity index (χ0n) is 11.4. The molecule has 1 aromatic heterocycles. The van der Waals surface area contributed by atoms with Gasteiger partial charge in [0.1, 0.15) is 0 Å². The van der Waals surface area contributed by atoms with Crippen LogP contribution in [0.2, 0.25) is 0 Å². The molecule has 0 radical (unpaired) electrons. The van der Waals surface area contributed by atoms with E-state index in [1.807, 2.05) is 36.2 Å². The maximum absolute atomic E-state index is 12.0. The van der Waals surface area contributed by atoms with Crippen LogP contribution in [-0.2, 0) is 6.54 Å². The van der Waals surface area contributed by atoms with Gasteiger partial charge in [0.2, 0.25) is 0 Å². The quantitative estimate of drug-likeness (QED) is 0.492. The van der Waals surface area contributed by atoms with Crippen molar-refractivity contribution in [3.63, 3.8) is 0 Å². The molecule has 1 aromatic carbocycles. The molecule has 7 heteroatoms. The number of likely N-dealkylation sites (N-methyl/N-ethyl adjacent to an activating group) is 1. The van der Waals surface area contributed by atoms with Crippen LogP contribution < -0.4 is 0 Å². The van der Waals surface area contributed by atoms with Gasteiger partial charge in [-0.3, -0.25) is 19.8 Å². The maximum Gasteiger partial charge on any atom is 0.287 e. The van der Waals surface area contributed by atoms with Gasteiger partial charge in [0, 0.05) is 17.1 Å². The van der Waals surface area contributed by atoms with E-state index in [1.165, 1.54) is 12.3 Å². The lowest BCUT2D eigenvalue weighted by Gasteiger charge is -2.15. The maximum atomic E-state index is 12.0. The lowest BCUT2D eigenvalue weighted by Crippen LogP contribution is -2.25. The third-order valence-electron chi connectivity index (χ3n) is 2.96. The summed E-state index contributed by atoms with van der Waals surface area (Å²) in [6, 6.07) is 9.10. The van der Waals surface area contributed by atoms with Crippen molar-refractivity contribution in [1.29, 1.82) is 0 Å². The molecule has 0 saturated carbocycles. The number of benzene rings is 1. The van der Waals surface area contributed by atoms with Gasteiger partial charge in [-0.25, -0.2) is 0 Å². The number of nitrogens with zero attached hydrogens (tertiary/aromatic N) is 2. The Kier molecular flexibility index (Phi) is 4.87. The molecule has 21 heavy (non-hydrogen) atoms. The number of rotatable bonds is 6. The lowest BCUT2D eigenvalue weighted by molar-refractivity contribution is -0.384. The van der Waals surface area contributed by atoms with Crippen LogP contribution in [0.25, 0.3) is 0 Å². The summed E-state index contributed by atoms with van der Waals surface area (Å²) in [7, 11) is 1.83. The summed E-state index contributed by atoms with van der Waals surface area (Å²) < 4.78 is 1.00. The zero-order chi connectivity index (χ0) is 15.4. The Labute approximate surface area is 130 Å². The molecule has 0 spiro atoms. The Hall–Kier alpha value is -1.99. The molecule has 0 bridgehead atoms. The second-order valence-corrected chi connectivity index (χ2v) is 5.67. The number of hydrogen-bond acceptors (Lipinski definition) is 4. The fourth-order valence-corrected chi connectivity index (χ4v) is 2.20. The van der Waals surface area contributed by atoms with Crippen LogP contribution in [0.15, 0.2) is 41.0 Å². The summed E-state index contributed by atoms with van der Waals surface area (Å²) in [5, 5.41) is 10.6. The smallest absolute Gasteiger partial charge is 0.287 e. The Bertz CT molecular complexity index is 652. The Morgan fingerprint density at radius 2 is 2.05 bits per heavy atom. The summed E-state index contributed by atoms with van der Waals surface area (Å²) in [5.74, 6) is -0.178. The molecule has 0 atom stereocenters. The highest BCUT2D eigenvalue weighted by Crippen LogP contribution is 2.14. The first-order chi connectivity index (χ1) is 9.95. The van der Waals surface area contributed by atoms with Crippen molar-refractivity contribution in [3.8, 4) is 0 Å². The third-order valence-corrected chi connectivity index (χ3v) is 3.49. The number of halogens is 1. The molecule has 0 saturated heterocycles. The van der Waals surface area contributed by atoms with Crippen LogP contribution in [0.1, 0.15) is 16.1 Å². The predicted molar refractivity (Wildman–Crippen MR) is 82.3 cm³/mol. The first-order valence-electron chi connectivity index (χ1n) is 6.24. The lowest BCUT2D eigenvalue weighted by atomic mass is 10.2. The number of nitrogens with one attached hydrogen (secondary N) is 1. The standard InChI is InChI=1S/C14H14BrN3O3/c1-17(8-10-2-4-11(15)5-3-10)9-14(19)13-6-12(7-16-13)18(20)21/h2-7,16H,8-9H2,1H3. The van der Waals surface area contributed by atoms with Gasteiger partial charge < -0.3 is 4.98 Å². The highest BCUT2D eigenvalue weighted by molar-refractivity contribution is 9.10. The molecule has 1 N–H and O–H groups in total. The third kappa shape index (κ3) is 4.24. The molecule has 0 aliphatic heterocycles. The summed E-state index contributed by atoms with van der Waals surface area (Å²) in [5.41, 5.74) is 1.24. The van der Waals surface area contributed by atoms with Crippen LogP contribution >= 0.6 is 15.9 Å². The Morgan fingerprint density at radius 1 is 1.38 bits per heavy atom. The van der Waals surface area contributed by atoms with Crippen LogP contribution in [0.3, 0.4) is 0 Å². The van der Waals surface area contributed by atoms with Crippen LogP contribution in [0.5, 0.6) is 0 Å². The summed E-state index contributed by atoms with van der Waals surface area (Å²) in [6.45, 7) is 0.815. The molecular weight excluding hydrogens is 338 g/mol. The van der Waals surface area contributed by atoms with E-state index in [0.717, 1.165) is 10.0 Å². The fraction of sp³-hybridized carbons (Fsp3) is 0.214. The number of aromatic amines is 1. The topological polar surface area (TPSA) is 79.2 Å². The average molecular weight is 352 g/mol. The number of carbonyl (C=O) groups excluding carboxylic acids is 1. The molecule has 2 aromatic rings. The van der Waals surface area contributed by atoms with Gasteiger partial charge in [-0.05, 0) is 24.7 Å². The van der Waals surface area contributed by atoms with E-state index in [1.54, 1.807) is 0 Å². The Balaban J connectivity index is 1.95. The molecule has 6 nitrogen and oxygen atoms in total. The van der Waals surface area contributed by atoms with Gasteiger partial charge in [0.15, 0.2) is 5.78 Å². The van der Waals surface area contributed by atoms with E-state index in [0.29, 0.717) is 6.54 Å². The Morgan fingerprint density at radius 3 is 2.62 bits per heavy atom. The number of hydrogen-bond donors (Lipinski definition) is 1. The summed E-state index contributed by atoms with van der Waals surface area (Å²) >= 11 is 3.37. The van der Waals surface area contributed by atoms with Gasteiger partial charge in [0.05, 0.1) is 23.4 Å². The molecule has 0 aliphatic carbocycles. The number of aromatic nitrogens is 1. The van der Waals surface area contributed by atoms with Crippen LogP contribution in [0, 0.1) is 10.1 Å². The number of carbonyl (C=O) groups is 1. The number of nitro groups is 1. The van der Waals surface area contributed by atoms with Crippen molar-refractivity contribution in [2.45, 2.75) is 6.54 Å². The molecule has 0 aliphatic rings. The van der Waals surface area contributed by atoms with E-state index in [9.17, 15) is 14.9 Å². The van der Waals surface area contributed by atoms with Crippen molar-refractivity contribution in [2.24, 2.45) is 0 Å². The van der Waals surface area contributed by atoms with E-state index in [4.69, 9.17) is 0 Å². The highest BCUT2D eigenvalue weighted by Gasteiger charge is 2.16. The average Bonchev–Trinajstić information content (AvgIpc) is 2.91. The fourth-order valence-electron chi connectivity index (χ4n) is 1.94.